The Morgan fingerprint density at radius 2 is 0.863 bits per heavy atom. The van der Waals surface area contributed by atoms with Crippen molar-refractivity contribution in [2.45, 2.75) is 52.4 Å². The molecule has 0 aliphatic heterocycles. The van der Waals surface area contributed by atoms with Crippen molar-refractivity contribution in [2.24, 2.45) is 0 Å². The van der Waals surface area contributed by atoms with E-state index in [0.29, 0.717) is 0 Å². The van der Waals surface area contributed by atoms with Crippen LogP contribution in [0, 0.1) is 0 Å². The Morgan fingerprint density at radius 3 is 1.47 bits per heavy atom. The van der Waals surface area contributed by atoms with E-state index >= 15 is 0 Å². The maximum Gasteiger partial charge on any atom is 0.0505 e. The Bertz CT molecular complexity index is 2630. The van der Waals surface area contributed by atoms with Gasteiger partial charge in [0, 0.05) is 11.4 Å². The first-order valence-electron chi connectivity index (χ1n) is 18.2. The predicted octanol–water partition coefficient (Wildman–Crippen LogP) is 14.5. The van der Waals surface area contributed by atoms with E-state index in [9.17, 15) is 0 Å². The molecule has 248 valence electrons. The van der Waals surface area contributed by atoms with E-state index in [1.165, 1.54) is 82.5 Å². The van der Waals surface area contributed by atoms with Crippen molar-refractivity contribution >= 4 is 49.4 Å². The molecule has 1 aliphatic rings. The Morgan fingerprint density at radius 1 is 0.353 bits per heavy atom. The minimum Gasteiger partial charge on any atom is -0.310 e. The fourth-order valence-electron chi connectivity index (χ4n) is 7.91. The molecular formula is C50H43N. The van der Waals surface area contributed by atoms with Gasteiger partial charge >= 0.3 is 0 Å². The largest absolute Gasteiger partial charge is 0.310 e. The number of hydrogen-bond donors (Lipinski definition) is 0. The maximum atomic E-state index is 2.48. The van der Waals surface area contributed by atoms with Gasteiger partial charge in [0.15, 0.2) is 0 Å². The van der Waals surface area contributed by atoms with Crippen LogP contribution in [0.1, 0.15) is 52.7 Å². The van der Waals surface area contributed by atoms with Crippen molar-refractivity contribution in [1.82, 2.24) is 0 Å². The van der Waals surface area contributed by atoms with Crippen LogP contribution in [0.4, 0.5) is 17.1 Å². The van der Waals surface area contributed by atoms with Crippen LogP contribution >= 0.6 is 0 Å². The van der Waals surface area contributed by atoms with Gasteiger partial charge in [0.05, 0.1) is 5.69 Å². The molecule has 0 saturated carbocycles. The van der Waals surface area contributed by atoms with E-state index in [4.69, 9.17) is 0 Å². The lowest BCUT2D eigenvalue weighted by molar-refractivity contribution is 0.590. The van der Waals surface area contributed by atoms with Gasteiger partial charge in [0.1, 0.15) is 0 Å². The molecule has 1 aliphatic carbocycles. The quantitative estimate of drug-likeness (QED) is 0.182. The molecule has 9 rings (SSSR count). The number of fused-ring (bicyclic) bond motifs is 7. The standard InChI is InChI=1S/C50H43N/c1-49(2,3)40-19-22-41(23-20-40)51(48-31-34-15-11-10-14-33(34)30-47(48)50(4,5)6)42-21-18-37-27-44-43-26-36-17-16-35(32-12-8-7-9-13-32)24-38(36)28-45(43)46(44)29-39(37)25-42/h7-31H,1-6H3. The first kappa shape index (κ1) is 31.3. The lowest BCUT2D eigenvalue weighted by Gasteiger charge is -2.33. The van der Waals surface area contributed by atoms with Crippen molar-refractivity contribution in [3.05, 3.63) is 163 Å². The van der Waals surface area contributed by atoms with Gasteiger partial charge < -0.3 is 4.90 Å². The van der Waals surface area contributed by atoms with Crippen LogP contribution in [0.3, 0.4) is 0 Å². The van der Waals surface area contributed by atoms with Crippen molar-refractivity contribution < 1.29 is 0 Å². The zero-order valence-electron chi connectivity index (χ0n) is 30.4. The molecule has 8 aromatic rings. The average molecular weight is 658 g/mol. The number of anilines is 3. The molecule has 0 heterocycles. The van der Waals surface area contributed by atoms with Gasteiger partial charge in [-0.3, -0.25) is 0 Å². The highest BCUT2D eigenvalue weighted by Gasteiger charge is 2.27. The second kappa shape index (κ2) is 11.4. The summed E-state index contributed by atoms with van der Waals surface area (Å²) < 4.78 is 0. The topological polar surface area (TPSA) is 3.24 Å². The molecule has 8 aromatic carbocycles. The monoisotopic (exact) mass is 657 g/mol. The normalized spacial score (nSPS) is 12.5. The highest BCUT2D eigenvalue weighted by molar-refractivity contribution is 6.12. The number of benzene rings is 8. The summed E-state index contributed by atoms with van der Waals surface area (Å²) in [5.74, 6) is 0. The van der Waals surface area contributed by atoms with Gasteiger partial charge in [-0.05, 0) is 154 Å². The molecule has 1 nitrogen and oxygen atoms in total. The van der Waals surface area contributed by atoms with Crippen molar-refractivity contribution in [2.75, 3.05) is 4.90 Å². The van der Waals surface area contributed by atoms with Crippen LogP contribution < -0.4 is 4.90 Å². The third kappa shape index (κ3) is 5.40. The Hall–Kier alpha value is -5.66. The molecule has 51 heavy (non-hydrogen) atoms. The predicted molar refractivity (Wildman–Crippen MR) is 221 cm³/mol. The first-order valence-corrected chi connectivity index (χ1v) is 18.2. The molecule has 0 atom stereocenters. The van der Waals surface area contributed by atoms with Gasteiger partial charge in [0.25, 0.3) is 0 Å². The Balaban J connectivity index is 1.19. The number of hydrogen-bond acceptors (Lipinski definition) is 1. The molecule has 0 radical (unpaired) electrons. The van der Waals surface area contributed by atoms with Gasteiger partial charge in [-0.1, -0.05) is 126 Å². The second-order valence-corrected chi connectivity index (χ2v) is 16.4. The summed E-state index contributed by atoms with van der Waals surface area (Å²) in [6.07, 6.45) is 0. The molecule has 0 amide bonds. The Kier molecular flexibility index (Phi) is 7.03. The number of nitrogens with zero attached hydrogens (tertiary/aromatic N) is 1. The molecule has 0 bridgehead atoms. The summed E-state index contributed by atoms with van der Waals surface area (Å²) >= 11 is 0. The highest BCUT2D eigenvalue weighted by Crippen LogP contribution is 2.51. The summed E-state index contributed by atoms with van der Waals surface area (Å²) in [6, 6.07) is 56.8. The van der Waals surface area contributed by atoms with Crippen molar-refractivity contribution in [3.8, 4) is 33.4 Å². The zero-order chi connectivity index (χ0) is 35.1. The molecular weight excluding hydrogens is 615 g/mol. The summed E-state index contributed by atoms with van der Waals surface area (Å²) in [7, 11) is 0. The summed E-state index contributed by atoms with van der Waals surface area (Å²) in [6.45, 7) is 13.8. The smallest absolute Gasteiger partial charge is 0.0505 e. The average Bonchev–Trinajstić information content (AvgIpc) is 3.13. The minimum atomic E-state index is -0.0599. The van der Waals surface area contributed by atoms with Crippen LogP contribution in [-0.2, 0) is 10.8 Å². The molecule has 1 heteroatoms. The summed E-state index contributed by atoms with van der Waals surface area (Å²) in [4.78, 5) is 2.48. The fourth-order valence-corrected chi connectivity index (χ4v) is 7.91. The third-order valence-corrected chi connectivity index (χ3v) is 10.8. The van der Waals surface area contributed by atoms with Crippen LogP contribution in [-0.4, -0.2) is 0 Å². The van der Waals surface area contributed by atoms with Crippen LogP contribution in [0.5, 0.6) is 0 Å². The molecule has 0 saturated heterocycles. The molecule has 0 N–H and O–H groups in total. The van der Waals surface area contributed by atoms with Crippen LogP contribution in [0.15, 0.2) is 152 Å². The second-order valence-electron chi connectivity index (χ2n) is 16.4. The van der Waals surface area contributed by atoms with E-state index in [1.54, 1.807) is 0 Å². The molecule has 0 unspecified atom stereocenters. The highest BCUT2D eigenvalue weighted by atomic mass is 15.1. The van der Waals surface area contributed by atoms with E-state index in [-0.39, 0.29) is 10.8 Å². The lowest BCUT2D eigenvalue weighted by Crippen LogP contribution is -2.19. The van der Waals surface area contributed by atoms with Crippen molar-refractivity contribution in [3.63, 3.8) is 0 Å². The molecule has 0 aromatic heterocycles. The van der Waals surface area contributed by atoms with E-state index in [0.717, 1.165) is 11.4 Å². The summed E-state index contributed by atoms with van der Waals surface area (Å²) in [5.41, 5.74) is 14.1. The van der Waals surface area contributed by atoms with Crippen LogP contribution in [0.2, 0.25) is 0 Å². The van der Waals surface area contributed by atoms with Gasteiger partial charge in [-0.25, -0.2) is 0 Å². The van der Waals surface area contributed by atoms with E-state index < -0.39 is 0 Å². The van der Waals surface area contributed by atoms with Gasteiger partial charge in [0.2, 0.25) is 0 Å². The zero-order valence-corrected chi connectivity index (χ0v) is 30.4. The van der Waals surface area contributed by atoms with E-state index in [1.807, 2.05) is 0 Å². The summed E-state index contributed by atoms with van der Waals surface area (Å²) in [5, 5.41) is 7.61. The molecule has 0 fully saturated rings. The van der Waals surface area contributed by atoms with Gasteiger partial charge in [-0.2, -0.15) is 0 Å². The Labute approximate surface area is 301 Å². The SMILES string of the molecule is CC(C)(C)c1ccc(N(c2ccc3cc4c(cc3c2)-c2cc3cc(-c5ccccc5)ccc3cc2-4)c2cc3ccccc3cc2C(C)(C)C)cc1. The molecule has 0 spiro atoms. The van der Waals surface area contributed by atoms with Crippen molar-refractivity contribution in [1.29, 1.82) is 0 Å². The maximum absolute atomic E-state index is 2.48. The third-order valence-electron chi connectivity index (χ3n) is 10.8. The number of rotatable bonds is 4. The first-order chi connectivity index (χ1) is 24.5. The van der Waals surface area contributed by atoms with Crippen LogP contribution in [0.25, 0.3) is 65.7 Å². The van der Waals surface area contributed by atoms with E-state index in [2.05, 4.69) is 198 Å². The van der Waals surface area contributed by atoms with Gasteiger partial charge in [-0.15, -0.1) is 0 Å². The minimum absolute atomic E-state index is 0.0599. The fraction of sp³-hybridized carbons (Fsp3) is 0.160. The lowest BCUT2D eigenvalue weighted by atomic mass is 9.77.